The maximum atomic E-state index is 11.5. The van der Waals surface area contributed by atoms with E-state index in [2.05, 4.69) is 0 Å². The summed E-state index contributed by atoms with van der Waals surface area (Å²) >= 11 is 1.27. The first-order chi connectivity index (χ1) is 13.3. The highest BCUT2D eigenvalue weighted by Crippen LogP contribution is 2.33. The molecule has 0 saturated carbocycles. The van der Waals surface area contributed by atoms with E-state index in [9.17, 15) is 14.4 Å². The van der Waals surface area contributed by atoms with Crippen LogP contribution >= 0.6 is 11.3 Å². The molecule has 2 aromatic heterocycles. The molecule has 0 saturated heterocycles. The molecule has 0 unspecified atom stereocenters. The summed E-state index contributed by atoms with van der Waals surface area (Å²) < 4.78 is 1.94. The number of hydrogen-bond acceptors (Lipinski definition) is 4. The maximum Gasteiger partial charge on any atom is 0.303 e. The normalized spacial score (nSPS) is 10.8. The van der Waals surface area contributed by atoms with Crippen molar-refractivity contribution in [2.45, 2.75) is 19.8 Å². The number of benzene rings is 1. The molecular weight excluding hydrogens is 378 g/mol. The molecule has 0 atom stereocenters. The Kier molecular flexibility index (Phi) is 5.32. The van der Waals surface area contributed by atoms with Crippen LogP contribution in [0.5, 0.6) is 0 Å². The number of nitrogens with zero attached hydrogens (tertiary/aromatic N) is 1. The van der Waals surface area contributed by atoms with Gasteiger partial charge in [-0.25, -0.2) is 0 Å². The number of thiophene rings is 1. The summed E-state index contributed by atoms with van der Waals surface area (Å²) in [6, 6.07) is 12.3. The van der Waals surface area contributed by atoms with Crippen molar-refractivity contribution >= 4 is 29.1 Å². The molecule has 7 nitrogen and oxygen atoms in total. The molecule has 3 aromatic rings. The molecule has 0 aliphatic heterocycles. The molecule has 144 valence electrons. The van der Waals surface area contributed by atoms with Crippen LogP contribution in [0.4, 0.5) is 0 Å². The molecule has 0 aliphatic carbocycles. The highest BCUT2D eigenvalue weighted by Gasteiger charge is 2.17. The predicted octanol–water partition coefficient (Wildman–Crippen LogP) is 2.73. The van der Waals surface area contributed by atoms with Crippen molar-refractivity contribution in [3.63, 3.8) is 0 Å². The Hall–Kier alpha value is -3.39. The predicted molar refractivity (Wildman–Crippen MR) is 107 cm³/mol. The molecule has 0 spiro atoms. The van der Waals surface area contributed by atoms with Crippen LogP contribution in [0.25, 0.3) is 16.3 Å². The average molecular weight is 397 g/mol. The smallest absolute Gasteiger partial charge is 0.303 e. The van der Waals surface area contributed by atoms with Crippen molar-refractivity contribution in [3.05, 3.63) is 64.2 Å². The Morgan fingerprint density at radius 1 is 1.04 bits per heavy atom. The minimum absolute atomic E-state index is 0.0150. The number of aromatic nitrogens is 1. The van der Waals surface area contributed by atoms with E-state index in [-0.39, 0.29) is 6.42 Å². The maximum absolute atomic E-state index is 11.5. The number of hydrogen-bond donors (Lipinski definition) is 3. The van der Waals surface area contributed by atoms with Gasteiger partial charge in [-0.1, -0.05) is 0 Å². The van der Waals surface area contributed by atoms with Gasteiger partial charge in [-0.2, -0.15) is 0 Å². The summed E-state index contributed by atoms with van der Waals surface area (Å²) in [7, 11) is 0. The Balaban J connectivity index is 2.15. The van der Waals surface area contributed by atoms with Gasteiger partial charge in [-0.15, -0.1) is 11.3 Å². The first-order valence-electron chi connectivity index (χ1n) is 8.51. The monoisotopic (exact) mass is 397 g/mol. The minimum Gasteiger partial charge on any atom is -0.481 e. The number of aliphatic carboxylic acids is 1. The Morgan fingerprint density at radius 3 is 2.36 bits per heavy atom. The molecule has 28 heavy (non-hydrogen) atoms. The molecule has 1 aromatic carbocycles. The van der Waals surface area contributed by atoms with E-state index in [1.807, 2.05) is 29.7 Å². The van der Waals surface area contributed by atoms with Gasteiger partial charge in [0.25, 0.3) is 5.91 Å². The lowest BCUT2D eigenvalue weighted by molar-refractivity contribution is -0.136. The zero-order valence-electron chi connectivity index (χ0n) is 15.1. The third kappa shape index (κ3) is 3.81. The van der Waals surface area contributed by atoms with Gasteiger partial charge in [-0.3, -0.25) is 14.4 Å². The summed E-state index contributed by atoms with van der Waals surface area (Å²) in [5, 5.41) is 9.07. The zero-order valence-corrected chi connectivity index (χ0v) is 16.0. The van der Waals surface area contributed by atoms with Crippen LogP contribution in [-0.2, 0) is 11.2 Å². The molecule has 0 radical (unpaired) electrons. The molecule has 0 bridgehead atoms. The van der Waals surface area contributed by atoms with Crippen LogP contribution in [0, 0.1) is 6.92 Å². The largest absolute Gasteiger partial charge is 0.481 e. The number of rotatable bonds is 7. The third-order valence-electron chi connectivity index (χ3n) is 4.38. The molecule has 8 heteroatoms. The first-order valence-corrected chi connectivity index (χ1v) is 9.33. The lowest BCUT2D eigenvalue weighted by Crippen LogP contribution is -2.12. The number of carboxylic acid groups (broad SMARTS) is 1. The molecule has 3 rings (SSSR count). The third-order valence-corrected chi connectivity index (χ3v) is 5.50. The molecule has 2 amide bonds. The Bertz CT molecular complexity index is 1080. The van der Waals surface area contributed by atoms with Gasteiger partial charge < -0.3 is 21.1 Å². The molecule has 2 heterocycles. The number of primary amides is 2. The SMILES string of the molecule is Cc1cc(C(N)=O)ccc1-n1c(CCC(=O)O)ccc1-c1ccc(C(N)=O)s1. The Labute approximate surface area is 165 Å². The van der Waals surface area contributed by atoms with Crippen LogP contribution in [0.1, 0.15) is 37.7 Å². The van der Waals surface area contributed by atoms with Gasteiger partial charge >= 0.3 is 5.97 Å². The van der Waals surface area contributed by atoms with Crippen LogP contribution in [0.3, 0.4) is 0 Å². The summed E-state index contributed by atoms with van der Waals surface area (Å²) in [5.74, 6) is -1.90. The van der Waals surface area contributed by atoms with Gasteiger partial charge in [0.2, 0.25) is 5.91 Å². The van der Waals surface area contributed by atoms with Crippen molar-refractivity contribution in [1.82, 2.24) is 4.57 Å². The van der Waals surface area contributed by atoms with Crippen LogP contribution in [0.15, 0.2) is 42.5 Å². The highest BCUT2D eigenvalue weighted by atomic mass is 32.1. The molecule has 0 aliphatic rings. The van der Waals surface area contributed by atoms with Crippen molar-refractivity contribution in [3.8, 4) is 16.3 Å². The lowest BCUT2D eigenvalue weighted by atomic mass is 10.1. The van der Waals surface area contributed by atoms with E-state index in [0.29, 0.717) is 16.9 Å². The quantitative estimate of drug-likeness (QED) is 0.566. The number of carbonyl (C=O) groups excluding carboxylic acids is 2. The summed E-state index contributed by atoms with van der Waals surface area (Å²) in [6.07, 6.45) is 0.319. The fourth-order valence-electron chi connectivity index (χ4n) is 3.05. The van der Waals surface area contributed by atoms with Gasteiger partial charge in [0, 0.05) is 16.9 Å². The summed E-state index contributed by atoms with van der Waals surface area (Å²) in [4.78, 5) is 35.2. The molecular formula is C20H19N3O4S. The number of nitrogens with two attached hydrogens (primary N) is 2. The van der Waals surface area contributed by atoms with Crippen molar-refractivity contribution in [2.75, 3.05) is 0 Å². The van der Waals surface area contributed by atoms with Gasteiger partial charge in [0.1, 0.15) is 0 Å². The topological polar surface area (TPSA) is 128 Å². The fraction of sp³-hybridized carbons (Fsp3) is 0.150. The zero-order chi connectivity index (χ0) is 20.4. The second kappa shape index (κ2) is 7.69. The summed E-state index contributed by atoms with van der Waals surface area (Å²) in [5.41, 5.74) is 14.4. The fourth-order valence-corrected chi connectivity index (χ4v) is 3.93. The van der Waals surface area contributed by atoms with E-state index < -0.39 is 17.8 Å². The van der Waals surface area contributed by atoms with E-state index in [1.54, 1.807) is 24.3 Å². The molecule has 0 fully saturated rings. The highest BCUT2D eigenvalue weighted by molar-refractivity contribution is 7.17. The van der Waals surface area contributed by atoms with Gasteiger partial charge in [0.05, 0.1) is 21.9 Å². The second-order valence-corrected chi connectivity index (χ2v) is 7.42. The van der Waals surface area contributed by atoms with Gasteiger partial charge in [0.15, 0.2) is 0 Å². The Morgan fingerprint density at radius 2 is 1.79 bits per heavy atom. The van der Waals surface area contributed by atoms with E-state index >= 15 is 0 Å². The number of aryl methyl sites for hydroxylation is 2. The first kappa shape index (κ1) is 19.4. The van der Waals surface area contributed by atoms with Crippen molar-refractivity contribution < 1.29 is 19.5 Å². The average Bonchev–Trinajstić information content (AvgIpc) is 3.26. The number of amides is 2. The van der Waals surface area contributed by atoms with Crippen LogP contribution < -0.4 is 11.5 Å². The van der Waals surface area contributed by atoms with E-state index in [4.69, 9.17) is 16.6 Å². The van der Waals surface area contributed by atoms with Crippen molar-refractivity contribution in [1.29, 1.82) is 0 Å². The summed E-state index contributed by atoms with van der Waals surface area (Å²) in [6.45, 7) is 1.86. The van der Waals surface area contributed by atoms with Crippen LogP contribution in [0.2, 0.25) is 0 Å². The van der Waals surface area contributed by atoms with Crippen LogP contribution in [-0.4, -0.2) is 27.5 Å². The number of carbonyl (C=O) groups is 3. The lowest BCUT2D eigenvalue weighted by Gasteiger charge is -2.16. The standard InChI is InChI=1S/C20H19N3O4S/c1-11-10-12(19(21)26)2-5-14(11)23-13(4-9-18(24)25)3-6-15(23)16-7-8-17(28-16)20(22)27/h2-3,5-8,10H,4,9H2,1H3,(H2,21,26)(H2,22,27)(H,24,25). The van der Waals surface area contributed by atoms with Gasteiger partial charge in [-0.05, 0) is 61.4 Å². The molecule has 5 N–H and O–H groups in total. The number of carboxylic acids is 1. The second-order valence-electron chi connectivity index (χ2n) is 6.33. The van der Waals surface area contributed by atoms with Crippen molar-refractivity contribution in [2.24, 2.45) is 11.5 Å². The van der Waals surface area contributed by atoms with E-state index in [0.717, 1.165) is 27.5 Å². The minimum atomic E-state index is -0.887. The van der Waals surface area contributed by atoms with E-state index in [1.165, 1.54) is 11.3 Å².